The molecule has 0 saturated carbocycles. The molecule has 0 aromatic rings. The van der Waals surface area contributed by atoms with Gasteiger partial charge in [-0.05, 0) is 25.7 Å². The molecule has 0 spiro atoms. The van der Waals surface area contributed by atoms with Gasteiger partial charge in [-0.2, -0.15) is 0 Å². The number of hydrogen-bond acceptors (Lipinski definition) is 2. The van der Waals surface area contributed by atoms with Gasteiger partial charge < -0.3 is 9.80 Å². The van der Waals surface area contributed by atoms with Crippen LogP contribution in [0.5, 0.6) is 0 Å². The maximum atomic E-state index is 2.70. The Bertz CT molecular complexity index is 474. The van der Waals surface area contributed by atoms with Crippen LogP contribution >= 0.6 is 0 Å². The molecule has 0 aromatic heterocycles. The molecule has 0 amide bonds. The summed E-state index contributed by atoms with van der Waals surface area (Å²) < 4.78 is 0. The van der Waals surface area contributed by atoms with Crippen LogP contribution in [0.25, 0.3) is 0 Å². The van der Waals surface area contributed by atoms with Crippen LogP contribution in [0.15, 0.2) is 12.4 Å². The third kappa shape index (κ3) is 20.0. The molecule has 0 radical (unpaired) electrons. The summed E-state index contributed by atoms with van der Waals surface area (Å²) in [6.45, 7) is 9.47. The molecular formula is C35H70N2. The quantitative estimate of drug-likeness (QED) is 0.0908. The van der Waals surface area contributed by atoms with Crippen LogP contribution in [0.1, 0.15) is 194 Å². The molecule has 1 rings (SSSR count). The minimum absolute atomic E-state index is 0.642. The van der Waals surface area contributed by atoms with Gasteiger partial charge in [0.2, 0.25) is 0 Å². The molecule has 0 aliphatic carbocycles. The highest BCUT2D eigenvalue weighted by atomic mass is 15.4. The van der Waals surface area contributed by atoms with Crippen molar-refractivity contribution in [3.05, 3.63) is 12.4 Å². The molecule has 1 aliphatic heterocycles. The van der Waals surface area contributed by atoms with E-state index in [9.17, 15) is 0 Å². The zero-order chi connectivity index (χ0) is 26.7. The topological polar surface area (TPSA) is 6.48 Å². The number of rotatable bonds is 29. The second-order valence-electron chi connectivity index (χ2n) is 12.2. The van der Waals surface area contributed by atoms with Crippen LogP contribution in [0.3, 0.4) is 0 Å². The molecule has 0 fully saturated rings. The molecule has 0 aromatic carbocycles. The van der Waals surface area contributed by atoms with Crippen LogP contribution in [-0.4, -0.2) is 29.1 Å². The van der Waals surface area contributed by atoms with Gasteiger partial charge in [0, 0.05) is 25.5 Å². The molecule has 0 N–H and O–H groups in total. The molecule has 1 heterocycles. The molecular weight excluding hydrogens is 448 g/mol. The van der Waals surface area contributed by atoms with Crippen LogP contribution in [0, 0.1) is 0 Å². The van der Waals surface area contributed by atoms with Crippen molar-refractivity contribution in [2.45, 2.75) is 200 Å². The lowest BCUT2D eigenvalue weighted by Gasteiger charge is -2.33. The summed E-state index contributed by atoms with van der Waals surface area (Å²) in [6.07, 6.45) is 44.0. The Balaban J connectivity index is 2.23. The fourth-order valence-corrected chi connectivity index (χ4v) is 6.01. The third-order valence-corrected chi connectivity index (χ3v) is 8.57. The first-order valence-electron chi connectivity index (χ1n) is 17.5. The van der Waals surface area contributed by atoms with E-state index in [0.717, 1.165) is 0 Å². The lowest BCUT2D eigenvalue weighted by Crippen LogP contribution is -2.39. The van der Waals surface area contributed by atoms with Gasteiger partial charge in [-0.25, -0.2) is 0 Å². The van der Waals surface area contributed by atoms with Crippen LogP contribution in [-0.2, 0) is 0 Å². The largest absolute Gasteiger partial charge is 0.356 e. The van der Waals surface area contributed by atoms with E-state index in [0.29, 0.717) is 6.17 Å². The van der Waals surface area contributed by atoms with Crippen molar-refractivity contribution in [2.75, 3.05) is 13.1 Å². The average Bonchev–Trinajstić information content (AvgIpc) is 3.29. The Labute approximate surface area is 235 Å². The van der Waals surface area contributed by atoms with E-state index in [1.807, 2.05) is 0 Å². The Hall–Kier alpha value is -0.660. The predicted molar refractivity (Wildman–Crippen MR) is 168 cm³/mol. The van der Waals surface area contributed by atoms with Gasteiger partial charge >= 0.3 is 0 Å². The monoisotopic (exact) mass is 519 g/mol. The summed E-state index contributed by atoms with van der Waals surface area (Å²) in [5, 5.41) is 0. The summed E-state index contributed by atoms with van der Waals surface area (Å²) in [5.74, 6) is 0. The van der Waals surface area contributed by atoms with Crippen molar-refractivity contribution in [1.29, 1.82) is 0 Å². The van der Waals surface area contributed by atoms with Gasteiger partial charge in [0.25, 0.3) is 0 Å². The Morgan fingerprint density at radius 1 is 0.351 bits per heavy atom. The highest BCUT2D eigenvalue weighted by Crippen LogP contribution is 2.24. The summed E-state index contributed by atoms with van der Waals surface area (Å²) in [5.41, 5.74) is 0. The van der Waals surface area contributed by atoms with Crippen molar-refractivity contribution >= 4 is 0 Å². The molecule has 2 nitrogen and oxygen atoms in total. The highest BCUT2D eigenvalue weighted by molar-refractivity contribution is 4.97. The minimum atomic E-state index is 0.642. The minimum Gasteiger partial charge on any atom is -0.356 e. The number of nitrogens with zero attached hydrogens (tertiary/aromatic N) is 2. The second kappa shape index (κ2) is 26.9. The van der Waals surface area contributed by atoms with Crippen molar-refractivity contribution in [1.82, 2.24) is 9.80 Å². The van der Waals surface area contributed by atoms with E-state index in [4.69, 9.17) is 0 Å². The lowest BCUT2D eigenvalue weighted by atomic mass is 10.0. The van der Waals surface area contributed by atoms with E-state index in [1.165, 1.54) is 186 Å². The van der Waals surface area contributed by atoms with Crippen molar-refractivity contribution in [3.8, 4) is 0 Å². The van der Waals surface area contributed by atoms with Crippen LogP contribution < -0.4 is 0 Å². The van der Waals surface area contributed by atoms with E-state index in [2.05, 4.69) is 43.0 Å². The fraction of sp³-hybridized carbons (Fsp3) is 0.943. The summed E-state index contributed by atoms with van der Waals surface area (Å²) in [7, 11) is 0. The smallest absolute Gasteiger partial charge is 0.101 e. The van der Waals surface area contributed by atoms with Crippen molar-refractivity contribution < 1.29 is 0 Å². The van der Waals surface area contributed by atoms with E-state index < -0.39 is 0 Å². The molecule has 1 unspecified atom stereocenters. The van der Waals surface area contributed by atoms with Gasteiger partial charge in [0.1, 0.15) is 6.17 Å². The summed E-state index contributed by atoms with van der Waals surface area (Å²) in [4.78, 5) is 5.40. The van der Waals surface area contributed by atoms with E-state index >= 15 is 0 Å². The van der Waals surface area contributed by atoms with Gasteiger partial charge in [0.05, 0.1) is 0 Å². The van der Waals surface area contributed by atoms with E-state index in [-0.39, 0.29) is 0 Å². The summed E-state index contributed by atoms with van der Waals surface area (Å²) in [6, 6.07) is 0. The Morgan fingerprint density at radius 2 is 0.622 bits per heavy atom. The fourth-order valence-electron chi connectivity index (χ4n) is 6.01. The highest BCUT2D eigenvalue weighted by Gasteiger charge is 2.24. The van der Waals surface area contributed by atoms with E-state index in [1.54, 1.807) is 0 Å². The Morgan fingerprint density at radius 3 is 0.946 bits per heavy atom. The van der Waals surface area contributed by atoms with Crippen molar-refractivity contribution in [2.24, 2.45) is 0 Å². The second-order valence-corrected chi connectivity index (χ2v) is 12.2. The molecule has 37 heavy (non-hydrogen) atoms. The number of unbranched alkanes of at least 4 members (excludes halogenated alkanes) is 23. The van der Waals surface area contributed by atoms with Crippen LogP contribution in [0.2, 0.25) is 0 Å². The standard InChI is InChI=1S/C35H70N2/c1-4-7-10-13-16-18-19-20-23-26-29-32-37-34-33-36(31-28-25-22-15-12-9-6-3)35(37)30-27-24-21-17-14-11-8-5-2/h33-35H,4-32H2,1-3H3. The first kappa shape index (κ1) is 34.4. The summed E-state index contributed by atoms with van der Waals surface area (Å²) >= 11 is 0. The van der Waals surface area contributed by atoms with Gasteiger partial charge in [0.15, 0.2) is 0 Å². The maximum absolute atomic E-state index is 2.70. The normalized spacial score (nSPS) is 15.4. The van der Waals surface area contributed by atoms with Gasteiger partial charge in [-0.1, -0.05) is 168 Å². The van der Waals surface area contributed by atoms with Gasteiger partial charge in [-0.3, -0.25) is 0 Å². The molecule has 2 heteroatoms. The predicted octanol–water partition coefficient (Wildman–Crippen LogP) is 12.0. The zero-order valence-corrected chi connectivity index (χ0v) is 26.1. The first-order chi connectivity index (χ1) is 18.3. The maximum Gasteiger partial charge on any atom is 0.101 e. The molecule has 1 atom stereocenters. The van der Waals surface area contributed by atoms with Crippen molar-refractivity contribution in [3.63, 3.8) is 0 Å². The Kier molecular flexibility index (Phi) is 25.0. The molecule has 0 saturated heterocycles. The SMILES string of the molecule is CCCCCCCCCCCCCN1C=CN(CCCCCCCCC)C1CCCCCCCCCC. The third-order valence-electron chi connectivity index (χ3n) is 8.57. The average molecular weight is 519 g/mol. The first-order valence-corrected chi connectivity index (χ1v) is 17.5. The molecule has 0 bridgehead atoms. The molecule has 220 valence electrons. The van der Waals surface area contributed by atoms with Crippen LogP contribution in [0.4, 0.5) is 0 Å². The molecule has 1 aliphatic rings. The number of hydrogen-bond donors (Lipinski definition) is 0. The van der Waals surface area contributed by atoms with Gasteiger partial charge in [-0.15, -0.1) is 0 Å². The zero-order valence-electron chi connectivity index (χ0n) is 26.1. The lowest BCUT2D eigenvalue weighted by molar-refractivity contribution is 0.135.